The summed E-state index contributed by atoms with van der Waals surface area (Å²) in [5.41, 5.74) is 8.66. The third kappa shape index (κ3) is 4.11. The summed E-state index contributed by atoms with van der Waals surface area (Å²) in [6.07, 6.45) is 1.67. The summed E-state index contributed by atoms with van der Waals surface area (Å²) in [6, 6.07) is 9.03. The number of nitrogens with one attached hydrogen (secondary N) is 1. The lowest BCUT2D eigenvalue weighted by Crippen LogP contribution is -2.29. The number of benzene rings is 1. The van der Waals surface area contributed by atoms with Gasteiger partial charge in [0.15, 0.2) is 5.82 Å². The summed E-state index contributed by atoms with van der Waals surface area (Å²) in [5, 5.41) is 11.0. The molecule has 0 spiro atoms. The molecule has 3 N–H and O–H groups in total. The van der Waals surface area contributed by atoms with Crippen molar-refractivity contribution in [2.75, 3.05) is 5.73 Å². The topological polar surface area (TPSA) is 112 Å². The molecule has 140 valence electrons. The molecule has 2 aromatic heterocycles. The molecule has 1 amide bonds. The van der Waals surface area contributed by atoms with Gasteiger partial charge in [-0.3, -0.25) is 4.79 Å². The van der Waals surface area contributed by atoms with E-state index in [-0.39, 0.29) is 23.9 Å². The fourth-order valence-electron chi connectivity index (χ4n) is 2.84. The molecule has 0 unspecified atom stereocenters. The van der Waals surface area contributed by atoms with E-state index in [0.717, 1.165) is 22.8 Å². The Kier molecular flexibility index (Phi) is 5.16. The van der Waals surface area contributed by atoms with Gasteiger partial charge in [-0.2, -0.15) is 0 Å². The minimum atomic E-state index is -0.258. The Bertz CT molecular complexity index is 927. The van der Waals surface area contributed by atoms with Crippen LogP contribution in [0.3, 0.4) is 0 Å². The minimum absolute atomic E-state index is 0.175. The Morgan fingerprint density at radius 1 is 1.15 bits per heavy atom. The maximum atomic E-state index is 12.6. The second-order valence-electron chi connectivity index (χ2n) is 6.72. The minimum Gasteiger partial charge on any atom is -0.368 e. The predicted molar refractivity (Wildman–Crippen MR) is 103 cm³/mol. The molecule has 3 aromatic rings. The van der Waals surface area contributed by atoms with Gasteiger partial charge in [0.2, 0.25) is 5.95 Å². The highest BCUT2D eigenvalue weighted by molar-refractivity contribution is 5.94. The first-order chi connectivity index (χ1) is 12.8. The van der Waals surface area contributed by atoms with E-state index >= 15 is 0 Å². The summed E-state index contributed by atoms with van der Waals surface area (Å²) < 4.78 is 1.94. The zero-order valence-electron chi connectivity index (χ0n) is 15.8. The number of aryl methyl sites for hydroxylation is 1. The maximum absolute atomic E-state index is 12.6. The molecule has 2 heterocycles. The molecular formula is C19H23N7O. The highest BCUT2D eigenvalue weighted by Gasteiger charge is 2.18. The molecule has 8 nitrogen and oxygen atoms in total. The lowest BCUT2D eigenvalue weighted by atomic mass is 10.1. The normalized spacial score (nSPS) is 12.2. The lowest BCUT2D eigenvalue weighted by molar-refractivity contribution is 0.0937. The van der Waals surface area contributed by atoms with Gasteiger partial charge in [0.1, 0.15) is 6.33 Å². The second kappa shape index (κ2) is 7.53. The molecule has 3 rings (SSSR count). The van der Waals surface area contributed by atoms with Crippen LogP contribution in [0.1, 0.15) is 54.7 Å². The molecule has 0 bridgehead atoms. The number of carbonyl (C=O) groups excluding carboxylic acids is 1. The van der Waals surface area contributed by atoms with Crippen LogP contribution in [0.15, 0.2) is 36.7 Å². The van der Waals surface area contributed by atoms with Crippen molar-refractivity contribution in [2.45, 2.75) is 39.8 Å². The number of nitrogens with zero attached hydrogens (tertiary/aromatic N) is 5. The number of hydrogen-bond donors (Lipinski definition) is 2. The van der Waals surface area contributed by atoms with Crippen LogP contribution in [0, 0.1) is 6.92 Å². The Morgan fingerprint density at radius 2 is 1.85 bits per heavy atom. The van der Waals surface area contributed by atoms with Crippen molar-refractivity contribution in [3.8, 4) is 11.3 Å². The predicted octanol–water partition coefficient (Wildman–Crippen LogP) is 2.70. The van der Waals surface area contributed by atoms with Gasteiger partial charge in [-0.1, -0.05) is 12.1 Å². The van der Waals surface area contributed by atoms with Gasteiger partial charge < -0.3 is 15.6 Å². The third-order valence-electron chi connectivity index (χ3n) is 4.21. The Balaban J connectivity index is 1.75. The first-order valence-corrected chi connectivity index (χ1v) is 8.77. The van der Waals surface area contributed by atoms with E-state index in [9.17, 15) is 4.79 Å². The first kappa shape index (κ1) is 18.5. The SMILES string of the molecule is Cc1cc(-c2ccc(C(=O)N[C@H](C)c3nncn3C(C)C)cc2)nc(N)n1. The van der Waals surface area contributed by atoms with Crippen LogP contribution in [0.25, 0.3) is 11.3 Å². The summed E-state index contributed by atoms with van der Waals surface area (Å²) in [4.78, 5) is 20.9. The number of anilines is 1. The van der Waals surface area contributed by atoms with Crippen molar-refractivity contribution in [1.29, 1.82) is 0 Å². The van der Waals surface area contributed by atoms with Crippen molar-refractivity contribution in [3.05, 3.63) is 53.7 Å². The quantitative estimate of drug-likeness (QED) is 0.719. The Hall–Kier alpha value is -3.29. The summed E-state index contributed by atoms with van der Waals surface area (Å²) in [7, 11) is 0. The number of nitrogen functional groups attached to an aromatic ring is 1. The first-order valence-electron chi connectivity index (χ1n) is 8.77. The lowest BCUT2D eigenvalue weighted by Gasteiger charge is -2.17. The molecule has 0 radical (unpaired) electrons. The number of aromatic nitrogens is 5. The van der Waals surface area contributed by atoms with Gasteiger partial charge in [-0.15, -0.1) is 10.2 Å². The molecule has 0 saturated heterocycles. The second-order valence-corrected chi connectivity index (χ2v) is 6.72. The van der Waals surface area contributed by atoms with Crippen molar-refractivity contribution < 1.29 is 4.79 Å². The molecule has 0 aliphatic carbocycles. The number of amides is 1. The highest BCUT2D eigenvalue weighted by atomic mass is 16.1. The van der Waals surface area contributed by atoms with Crippen LogP contribution in [0.5, 0.6) is 0 Å². The number of rotatable bonds is 5. The van der Waals surface area contributed by atoms with E-state index in [1.54, 1.807) is 18.5 Å². The number of nitrogens with two attached hydrogens (primary N) is 1. The Morgan fingerprint density at radius 3 is 2.48 bits per heavy atom. The number of hydrogen-bond acceptors (Lipinski definition) is 6. The summed E-state index contributed by atoms with van der Waals surface area (Å²) >= 11 is 0. The van der Waals surface area contributed by atoms with E-state index in [0.29, 0.717) is 5.56 Å². The molecule has 0 aliphatic heterocycles. The molecule has 8 heteroatoms. The van der Waals surface area contributed by atoms with Crippen LogP contribution < -0.4 is 11.1 Å². The Labute approximate surface area is 157 Å². The van der Waals surface area contributed by atoms with E-state index < -0.39 is 0 Å². The average molecular weight is 365 g/mol. The van der Waals surface area contributed by atoms with Gasteiger partial charge in [-0.25, -0.2) is 9.97 Å². The molecule has 27 heavy (non-hydrogen) atoms. The van der Waals surface area contributed by atoms with E-state index in [4.69, 9.17) is 5.73 Å². The molecule has 1 atom stereocenters. The largest absolute Gasteiger partial charge is 0.368 e. The van der Waals surface area contributed by atoms with Crippen LogP contribution in [-0.4, -0.2) is 30.6 Å². The molecule has 1 aromatic carbocycles. The van der Waals surface area contributed by atoms with Crippen molar-refractivity contribution in [2.24, 2.45) is 0 Å². The van der Waals surface area contributed by atoms with Crippen molar-refractivity contribution in [3.63, 3.8) is 0 Å². The van der Waals surface area contributed by atoms with Crippen LogP contribution in [0.2, 0.25) is 0 Å². The average Bonchev–Trinajstić information content (AvgIpc) is 3.11. The van der Waals surface area contributed by atoms with E-state index in [2.05, 4.69) is 25.5 Å². The van der Waals surface area contributed by atoms with Gasteiger partial charge >= 0.3 is 0 Å². The fraction of sp³-hybridized carbons (Fsp3) is 0.316. The zero-order chi connectivity index (χ0) is 19.6. The number of carbonyl (C=O) groups is 1. The van der Waals surface area contributed by atoms with Crippen LogP contribution in [0.4, 0.5) is 5.95 Å². The van der Waals surface area contributed by atoms with Gasteiger partial charge in [0.05, 0.1) is 11.7 Å². The monoisotopic (exact) mass is 365 g/mol. The van der Waals surface area contributed by atoms with Crippen molar-refractivity contribution in [1.82, 2.24) is 30.0 Å². The smallest absolute Gasteiger partial charge is 0.251 e. The van der Waals surface area contributed by atoms with Gasteiger partial charge in [0.25, 0.3) is 5.91 Å². The molecular weight excluding hydrogens is 342 g/mol. The summed E-state index contributed by atoms with van der Waals surface area (Å²) in [6.45, 7) is 7.84. The van der Waals surface area contributed by atoms with Crippen LogP contribution >= 0.6 is 0 Å². The van der Waals surface area contributed by atoms with Crippen LogP contribution in [-0.2, 0) is 0 Å². The van der Waals surface area contributed by atoms with Crippen molar-refractivity contribution >= 4 is 11.9 Å². The summed E-state index contributed by atoms with van der Waals surface area (Å²) in [5.74, 6) is 0.780. The van der Waals surface area contributed by atoms with Gasteiger partial charge in [-0.05, 0) is 45.9 Å². The standard InChI is InChI=1S/C19H23N7O/c1-11(2)26-10-21-25-17(26)13(4)23-18(27)15-7-5-14(6-8-15)16-9-12(3)22-19(20)24-16/h5-11,13H,1-4H3,(H,23,27)(H2,20,22,24)/t13-/m1/s1. The fourth-order valence-corrected chi connectivity index (χ4v) is 2.84. The van der Waals surface area contributed by atoms with E-state index in [1.165, 1.54) is 0 Å². The molecule has 0 saturated carbocycles. The third-order valence-corrected chi connectivity index (χ3v) is 4.21. The molecule has 0 aliphatic rings. The highest BCUT2D eigenvalue weighted by Crippen LogP contribution is 2.20. The van der Waals surface area contributed by atoms with E-state index in [1.807, 2.05) is 50.5 Å². The maximum Gasteiger partial charge on any atom is 0.251 e. The van der Waals surface area contributed by atoms with Gasteiger partial charge in [0, 0.05) is 22.9 Å². The zero-order valence-corrected chi connectivity index (χ0v) is 15.8. The molecule has 0 fully saturated rings.